The number of hydrogen-bond donors (Lipinski definition) is 2. The average molecular weight is 351 g/mol. The molecule has 2 aromatic heterocycles. The highest BCUT2D eigenvalue weighted by molar-refractivity contribution is 5.62. The van der Waals surface area contributed by atoms with Crippen LogP contribution in [0.25, 0.3) is 0 Å². The molecule has 6 heteroatoms. The number of rotatable bonds is 8. The Labute approximate surface area is 154 Å². The monoisotopic (exact) mass is 351 g/mol. The molecule has 0 aliphatic carbocycles. The zero-order valence-corrected chi connectivity index (χ0v) is 15.5. The fourth-order valence-electron chi connectivity index (χ4n) is 2.81. The molecule has 0 aliphatic heterocycles. The summed E-state index contributed by atoms with van der Waals surface area (Å²) in [4.78, 5) is 11.2. The highest BCUT2D eigenvalue weighted by atomic mass is 16.3. The van der Waals surface area contributed by atoms with Crippen LogP contribution in [-0.4, -0.2) is 23.1 Å². The van der Waals surface area contributed by atoms with Gasteiger partial charge in [0.25, 0.3) is 0 Å². The molecule has 0 saturated carbocycles. The van der Waals surface area contributed by atoms with Crippen molar-refractivity contribution in [2.45, 2.75) is 27.3 Å². The Balaban J connectivity index is 1.69. The van der Waals surface area contributed by atoms with Gasteiger partial charge in [0.05, 0.1) is 12.8 Å². The number of furan rings is 1. The van der Waals surface area contributed by atoms with E-state index in [1.807, 2.05) is 25.1 Å². The zero-order valence-electron chi connectivity index (χ0n) is 15.5. The van der Waals surface area contributed by atoms with Gasteiger partial charge in [0.15, 0.2) is 0 Å². The predicted octanol–water partition coefficient (Wildman–Crippen LogP) is 4.58. The molecule has 0 bridgehead atoms. The van der Waals surface area contributed by atoms with Gasteiger partial charge in [-0.1, -0.05) is 0 Å². The standard InChI is InChI=1S/C20H25N5O/c1-4-25(5-2)17-10-8-16(9-11-17)24-20-13-19(22-15(3)23-20)21-14-18-7-6-12-26-18/h6-13H,4-5,14H2,1-3H3,(H2,21,22,23,24). The fraction of sp³-hybridized carbons (Fsp3) is 0.300. The Hall–Kier alpha value is -3.02. The molecule has 2 heterocycles. The van der Waals surface area contributed by atoms with Gasteiger partial charge >= 0.3 is 0 Å². The molecule has 2 N–H and O–H groups in total. The summed E-state index contributed by atoms with van der Waals surface area (Å²) in [6, 6.07) is 14.1. The van der Waals surface area contributed by atoms with Crippen LogP contribution < -0.4 is 15.5 Å². The third-order valence-corrected chi connectivity index (χ3v) is 4.13. The minimum atomic E-state index is 0.585. The van der Waals surface area contributed by atoms with Crippen molar-refractivity contribution in [3.05, 3.63) is 60.3 Å². The molecular weight excluding hydrogens is 326 g/mol. The first-order valence-corrected chi connectivity index (χ1v) is 8.92. The van der Waals surface area contributed by atoms with E-state index in [1.165, 1.54) is 5.69 Å². The quantitative estimate of drug-likeness (QED) is 0.619. The molecule has 1 aromatic carbocycles. The Morgan fingerprint density at radius 1 is 1.00 bits per heavy atom. The highest BCUT2D eigenvalue weighted by Crippen LogP contribution is 2.21. The van der Waals surface area contributed by atoms with Crippen molar-refractivity contribution in [2.24, 2.45) is 0 Å². The van der Waals surface area contributed by atoms with E-state index in [4.69, 9.17) is 4.42 Å². The summed E-state index contributed by atoms with van der Waals surface area (Å²) in [7, 11) is 0. The van der Waals surface area contributed by atoms with Crippen LogP contribution in [-0.2, 0) is 6.54 Å². The summed E-state index contributed by atoms with van der Waals surface area (Å²) < 4.78 is 5.33. The zero-order chi connectivity index (χ0) is 18.4. The van der Waals surface area contributed by atoms with Crippen LogP contribution in [0.4, 0.5) is 23.0 Å². The predicted molar refractivity (Wildman–Crippen MR) is 106 cm³/mol. The lowest BCUT2D eigenvalue weighted by atomic mass is 10.2. The summed E-state index contributed by atoms with van der Waals surface area (Å²) in [6.45, 7) is 8.79. The Bertz CT molecular complexity index is 811. The second-order valence-electron chi connectivity index (χ2n) is 5.96. The van der Waals surface area contributed by atoms with E-state index in [2.05, 4.69) is 63.6 Å². The minimum absolute atomic E-state index is 0.585. The third-order valence-electron chi connectivity index (χ3n) is 4.13. The SMILES string of the molecule is CCN(CC)c1ccc(Nc2cc(NCc3ccco3)nc(C)n2)cc1. The number of nitrogens with one attached hydrogen (secondary N) is 2. The normalized spacial score (nSPS) is 10.6. The summed E-state index contributed by atoms with van der Waals surface area (Å²) in [5.41, 5.74) is 2.22. The van der Waals surface area contributed by atoms with Crippen LogP contribution in [0.2, 0.25) is 0 Å². The number of aryl methyl sites for hydroxylation is 1. The molecule has 0 saturated heterocycles. The molecule has 0 radical (unpaired) electrons. The molecule has 6 nitrogen and oxygen atoms in total. The van der Waals surface area contributed by atoms with Crippen LogP contribution in [0.5, 0.6) is 0 Å². The van der Waals surface area contributed by atoms with Gasteiger partial charge in [-0.3, -0.25) is 0 Å². The molecule has 3 rings (SSSR count). The van der Waals surface area contributed by atoms with Crippen LogP contribution >= 0.6 is 0 Å². The van der Waals surface area contributed by atoms with E-state index < -0.39 is 0 Å². The summed E-state index contributed by atoms with van der Waals surface area (Å²) >= 11 is 0. The van der Waals surface area contributed by atoms with Crippen LogP contribution in [0, 0.1) is 6.92 Å². The second-order valence-corrected chi connectivity index (χ2v) is 5.96. The van der Waals surface area contributed by atoms with Gasteiger partial charge in [-0.15, -0.1) is 0 Å². The van der Waals surface area contributed by atoms with Crippen molar-refractivity contribution in [1.29, 1.82) is 0 Å². The lowest BCUT2D eigenvalue weighted by Crippen LogP contribution is -2.21. The van der Waals surface area contributed by atoms with Crippen molar-refractivity contribution in [3.8, 4) is 0 Å². The van der Waals surface area contributed by atoms with Crippen LogP contribution in [0.3, 0.4) is 0 Å². The molecule has 3 aromatic rings. The minimum Gasteiger partial charge on any atom is -0.467 e. The fourth-order valence-corrected chi connectivity index (χ4v) is 2.81. The smallest absolute Gasteiger partial charge is 0.136 e. The molecule has 136 valence electrons. The first kappa shape index (κ1) is 17.8. The van der Waals surface area contributed by atoms with Crippen LogP contribution in [0.15, 0.2) is 53.1 Å². The van der Waals surface area contributed by atoms with E-state index in [1.54, 1.807) is 6.26 Å². The average Bonchev–Trinajstić information content (AvgIpc) is 3.16. The first-order valence-electron chi connectivity index (χ1n) is 8.92. The summed E-state index contributed by atoms with van der Waals surface area (Å²) in [5, 5.41) is 6.61. The number of anilines is 4. The molecule has 0 unspecified atom stereocenters. The van der Waals surface area contributed by atoms with Gasteiger partial charge in [-0.05, 0) is 57.2 Å². The molecule has 0 amide bonds. The molecule has 26 heavy (non-hydrogen) atoms. The van der Waals surface area contributed by atoms with E-state index in [-0.39, 0.29) is 0 Å². The van der Waals surface area contributed by atoms with Gasteiger partial charge < -0.3 is 20.0 Å². The van der Waals surface area contributed by atoms with E-state index in [0.29, 0.717) is 12.4 Å². The largest absolute Gasteiger partial charge is 0.467 e. The Morgan fingerprint density at radius 3 is 2.38 bits per heavy atom. The summed E-state index contributed by atoms with van der Waals surface area (Å²) in [6.07, 6.45) is 1.66. The van der Waals surface area contributed by atoms with Crippen molar-refractivity contribution < 1.29 is 4.42 Å². The number of benzene rings is 1. The van der Waals surface area contributed by atoms with Gasteiger partial charge in [0, 0.05) is 30.5 Å². The third kappa shape index (κ3) is 4.53. The van der Waals surface area contributed by atoms with Crippen molar-refractivity contribution >= 4 is 23.0 Å². The lowest BCUT2D eigenvalue weighted by Gasteiger charge is -2.21. The van der Waals surface area contributed by atoms with Gasteiger partial charge in [-0.25, -0.2) is 9.97 Å². The Morgan fingerprint density at radius 2 is 1.73 bits per heavy atom. The molecule has 0 spiro atoms. The van der Waals surface area contributed by atoms with Crippen LogP contribution in [0.1, 0.15) is 25.4 Å². The van der Waals surface area contributed by atoms with Gasteiger partial charge in [0.1, 0.15) is 23.2 Å². The highest BCUT2D eigenvalue weighted by Gasteiger charge is 2.05. The van der Waals surface area contributed by atoms with Gasteiger partial charge in [0.2, 0.25) is 0 Å². The second kappa shape index (κ2) is 8.38. The molecule has 0 aliphatic rings. The molecule has 0 fully saturated rings. The maximum Gasteiger partial charge on any atom is 0.136 e. The van der Waals surface area contributed by atoms with E-state index >= 15 is 0 Å². The number of nitrogens with zero attached hydrogens (tertiary/aromatic N) is 3. The van der Waals surface area contributed by atoms with E-state index in [9.17, 15) is 0 Å². The topological polar surface area (TPSA) is 66.2 Å². The molecule has 0 atom stereocenters. The van der Waals surface area contributed by atoms with Crippen molar-refractivity contribution in [2.75, 3.05) is 28.6 Å². The van der Waals surface area contributed by atoms with Crippen molar-refractivity contribution in [1.82, 2.24) is 9.97 Å². The maximum atomic E-state index is 5.33. The van der Waals surface area contributed by atoms with E-state index in [0.717, 1.165) is 36.2 Å². The Kier molecular flexibility index (Phi) is 5.73. The number of aromatic nitrogens is 2. The number of hydrogen-bond acceptors (Lipinski definition) is 6. The van der Waals surface area contributed by atoms with Crippen molar-refractivity contribution in [3.63, 3.8) is 0 Å². The molecular formula is C20H25N5O. The van der Waals surface area contributed by atoms with Gasteiger partial charge in [-0.2, -0.15) is 0 Å². The summed E-state index contributed by atoms with van der Waals surface area (Å²) in [5.74, 6) is 3.09. The maximum absolute atomic E-state index is 5.33. The lowest BCUT2D eigenvalue weighted by molar-refractivity contribution is 0.518. The first-order chi connectivity index (χ1) is 12.7.